The lowest BCUT2D eigenvalue weighted by atomic mass is 9.79. The van der Waals surface area contributed by atoms with E-state index in [-0.39, 0.29) is 0 Å². The average Bonchev–Trinajstić information content (AvgIpc) is 2.76. The Morgan fingerprint density at radius 3 is 3.05 bits per heavy atom. The van der Waals surface area contributed by atoms with E-state index in [0.29, 0.717) is 30.0 Å². The van der Waals surface area contributed by atoms with Crippen LogP contribution in [0.3, 0.4) is 0 Å². The number of hydrogen-bond donors (Lipinski definition) is 1. The molecule has 1 aromatic heterocycles. The predicted molar refractivity (Wildman–Crippen MR) is 75.2 cm³/mol. The van der Waals surface area contributed by atoms with Crippen LogP contribution < -0.4 is 0 Å². The van der Waals surface area contributed by atoms with E-state index in [0.717, 1.165) is 18.5 Å². The highest BCUT2D eigenvalue weighted by molar-refractivity contribution is 6.31. The number of nitrogens with zero attached hydrogens (tertiary/aromatic N) is 2. The van der Waals surface area contributed by atoms with Crippen LogP contribution in [0.5, 0.6) is 0 Å². The van der Waals surface area contributed by atoms with Gasteiger partial charge in [0.15, 0.2) is 0 Å². The van der Waals surface area contributed by atoms with Crippen molar-refractivity contribution in [2.45, 2.75) is 45.3 Å². The second kappa shape index (κ2) is 6.73. The summed E-state index contributed by atoms with van der Waals surface area (Å²) in [7, 11) is 1.66. The van der Waals surface area contributed by atoms with Crippen LogP contribution >= 0.6 is 11.6 Å². The summed E-state index contributed by atoms with van der Waals surface area (Å²) in [4.78, 5) is 0. The Kier molecular flexibility index (Phi) is 5.25. The van der Waals surface area contributed by atoms with Gasteiger partial charge < -0.3 is 9.84 Å². The molecule has 0 saturated heterocycles. The number of hydrogen-bond acceptors (Lipinski definition) is 3. The van der Waals surface area contributed by atoms with Crippen molar-refractivity contribution in [2.75, 3.05) is 13.7 Å². The summed E-state index contributed by atoms with van der Waals surface area (Å²) in [6.07, 6.45) is 5.67. The van der Waals surface area contributed by atoms with Crippen LogP contribution in [0.2, 0.25) is 5.02 Å². The Balaban J connectivity index is 2.12. The van der Waals surface area contributed by atoms with Gasteiger partial charge in [0.1, 0.15) is 0 Å². The molecule has 1 fully saturated rings. The van der Waals surface area contributed by atoms with Gasteiger partial charge in [0, 0.05) is 7.11 Å². The molecule has 19 heavy (non-hydrogen) atoms. The highest BCUT2D eigenvalue weighted by atomic mass is 35.5. The minimum atomic E-state index is -0.519. The number of aliphatic hydroxyl groups is 1. The molecule has 1 N–H and O–H groups in total. The maximum atomic E-state index is 10.6. The van der Waals surface area contributed by atoms with Gasteiger partial charge in [0.2, 0.25) is 0 Å². The first kappa shape index (κ1) is 14.8. The summed E-state index contributed by atoms with van der Waals surface area (Å²) >= 11 is 6.19. The molecule has 1 aliphatic carbocycles. The molecule has 0 spiro atoms. The lowest BCUT2D eigenvalue weighted by Gasteiger charge is -2.30. The lowest BCUT2D eigenvalue weighted by molar-refractivity contribution is 0.0625. The molecule has 108 valence electrons. The zero-order chi connectivity index (χ0) is 13.8. The van der Waals surface area contributed by atoms with Crippen LogP contribution in [-0.4, -0.2) is 28.6 Å². The molecule has 0 bridgehead atoms. The van der Waals surface area contributed by atoms with Crippen molar-refractivity contribution in [1.82, 2.24) is 9.78 Å². The van der Waals surface area contributed by atoms with Gasteiger partial charge in [-0.2, -0.15) is 5.10 Å². The van der Waals surface area contributed by atoms with Gasteiger partial charge >= 0.3 is 0 Å². The molecule has 3 atom stereocenters. The Bertz CT molecular complexity index is 408. The summed E-state index contributed by atoms with van der Waals surface area (Å²) in [6.45, 7) is 3.44. The van der Waals surface area contributed by atoms with Crippen LogP contribution in [-0.2, 0) is 11.3 Å². The van der Waals surface area contributed by atoms with Crippen LogP contribution in [0.15, 0.2) is 6.20 Å². The number of halogens is 1. The van der Waals surface area contributed by atoms with Gasteiger partial charge in [-0.25, -0.2) is 0 Å². The van der Waals surface area contributed by atoms with E-state index in [9.17, 15) is 5.11 Å². The highest BCUT2D eigenvalue weighted by Crippen LogP contribution is 2.38. The fourth-order valence-electron chi connectivity index (χ4n) is 3.01. The Morgan fingerprint density at radius 1 is 1.58 bits per heavy atom. The lowest BCUT2D eigenvalue weighted by Crippen LogP contribution is -2.23. The molecular formula is C14H23ClN2O2. The standard InChI is InChI=1S/C14H23ClN2O2/c1-10-4-3-5-11(8-10)14(18)13-12(15)9-16-17(13)6-7-19-2/h9-11,14,18H,3-8H2,1-2H3. The Morgan fingerprint density at radius 2 is 2.37 bits per heavy atom. The number of ether oxygens (including phenoxy) is 1. The normalized spacial score (nSPS) is 25.5. The molecule has 1 saturated carbocycles. The molecule has 5 heteroatoms. The molecular weight excluding hydrogens is 264 g/mol. The molecule has 0 amide bonds. The first-order valence-electron chi connectivity index (χ1n) is 7.01. The molecule has 0 aromatic carbocycles. The molecule has 3 unspecified atom stereocenters. The molecule has 0 radical (unpaired) electrons. The second-order valence-corrected chi connectivity index (χ2v) is 5.98. The topological polar surface area (TPSA) is 47.3 Å². The van der Waals surface area contributed by atoms with E-state index < -0.39 is 6.10 Å². The van der Waals surface area contributed by atoms with Crippen molar-refractivity contribution in [3.63, 3.8) is 0 Å². The summed E-state index contributed by atoms with van der Waals surface area (Å²) in [5.74, 6) is 0.974. The molecule has 1 aliphatic rings. The monoisotopic (exact) mass is 286 g/mol. The quantitative estimate of drug-likeness (QED) is 0.905. The van der Waals surface area contributed by atoms with Crippen molar-refractivity contribution in [1.29, 1.82) is 0 Å². The molecule has 1 heterocycles. The van der Waals surface area contributed by atoms with Crippen LogP contribution in [0.1, 0.15) is 44.4 Å². The third kappa shape index (κ3) is 3.50. The first-order valence-corrected chi connectivity index (χ1v) is 7.39. The van der Waals surface area contributed by atoms with E-state index in [1.165, 1.54) is 12.8 Å². The summed E-state index contributed by atoms with van der Waals surface area (Å²) < 4.78 is 6.84. The fourth-order valence-corrected chi connectivity index (χ4v) is 3.27. The average molecular weight is 287 g/mol. The third-order valence-electron chi connectivity index (χ3n) is 4.04. The van der Waals surface area contributed by atoms with Gasteiger partial charge in [-0.05, 0) is 24.7 Å². The smallest absolute Gasteiger partial charge is 0.0999 e. The largest absolute Gasteiger partial charge is 0.386 e. The minimum absolute atomic E-state index is 0.291. The number of methoxy groups -OCH3 is 1. The van der Waals surface area contributed by atoms with Gasteiger partial charge in [-0.1, -0.05) is 31.4 Å². The molecule has 1 aromatic rings. The van der Waals surface area contributed by atoms with Gasteiger partial charge in [0.25, 0.3) is 0 Å². The van der Waals surface area contributed by atoms with Crippen LogP contribution in [0, 0.1) is 11.8 Å². The van der Waals surface area contributed by atoms with E-state index in [2.05, 4.69) is 12.0 Å². The second-order valence-electron chi connectivity index (χ2n) is 5.57. The van der Waals surface area contributed by atoms with Crippen molar-refractivity contribution < 1.29 is 9.84 Å². The number of aromatic nitrogens is 2. The van der Waals surface area contributed by atoms with Crippen molar-refractivity contribution in [2.24, 2.45) is 11.8 Å². The zero-order valence-corrected chi connectivity index (χ0v) is 12.4. The molecule has 2 rings (SSSR count). The summed E-state index contributed by atoms with van der Waals surface area (Å²) in [5.41, 5.74) is 0.748. The maximum Gasteiger partial charge on any atom is 0.0999 e. The highest BCUT2D eigenvalue weighted by Gasteiger charge is 2.30. The number of aliphatic hydroxyl groups excluding tert-OH is 1. The van der Waals surface area contributed by atoms with Crippen LogP contribution in [0.25, 0.3) is 0 Å². The molecule has 0 aliphatic heterocycles. The predicted octanol–water partition coefficient (Wildman–Crippen LogP) is 3.04. The van der Waals surface area contributed by atoms with E-state index in [4.69, 9.17) is 16.3 Å². The van der Waals surface area contributed by atoms with Crippen molar-refractivity contribution in [3.8, 4) is 0 Å². The van der Waals surface area contributed by atoms with Crippen LogP contribution in [0.4, 0.5) is 0 Å². The molecule has 4 nitrogen and oxygen atoms in total. The fraction of sp³-hybridized carbons (Fsp3) is 0.786. The summed E-state index contributed by atoms with van der Waals surface area (Å²) in [5, 5.41) is 15.4. The third-order valence-corrected chi connectivity index (χ3v) is 4.34. The van der Waals surface area contributed by atoms with Crippen molar-refractivity contribution in [3.05, 3.63) is 16.9 Å². The minimum Gasteiger partial charge on any atom is -0.386 e. The number of rotatable bonds is 5. The van der Waals surface area contributed by atoms with E-state index in [1.54, 1.807) is 18.0 Å². The Hall–Kier alpha value is -0.580. The Labute approximate surface area is 119 Å². The van der Waals surface area contributed by atoms with E-state index >= 15 is 0 Å². The SMILES string of the molecule is COCCn1ncc(Cl)c1C(O)C1CCCC(C)C1. The van der Waals surface area contributed by atoms with Crippen molar-refractivity contribution >= 4 is 11.6 Å². The summed E-state index contributed by atoms with van der Waals surface area (Å²) in [6, 6.07) is 0. The van der Waals surface area contributed by atoms with E-state index in [1.807, 2.05) is 0 Å². The van der Waals surface area contributed by atoms with Gasteiger partial charge in [-0.3, -0.25) is 4.68 Å². The maximum absolute atomic E-state index is 10.6. The first-order chi connectivity index (χ1) is 9.13. The zero-order valence-electron chi connectivity index (χ0n) is 11.7. The van der Waals surface area contributed by atoms with Gasteiger partial charge in [0.05, 0.1) is 36.2 Å². The van der Waals surface area contributed by atoms with Gasteiger partial charge in [-0.15, -0.1) is 0 Å².